The minimum atomic E-state index is 0.240. The van der Waals surface area contributed by atoms with Crippen molar-refractivity contribution in [2.24, 2.45) is 0 Å². The molecule has 0 saturated heterocycles. The zero-order chi connectivity index (χ0) is 45.8. The molecular weight excluding hydrogens is 837 g/mol. The second-order valence-electron chi connectivity index (χ2n) is 18.8. The van der Waals surface area contributed by atoms with Gasteiger partial charge in [0.2, 0.25) is 0 Å². The zero-order valence-corrected chi connectivity index (χ0v) is 38.6. The number of ether oxygens (including phenoxy) is 1. The fourth-order valence-corrected chi connectivity index (χ4v) is 10.7. The molecule has 0 fully saturated rings. The lowest BCUT2D eigenvalue weighted by Gasteiger charge is -2.26. The van der Waals surface area contributed by atoms with E-state index >= 15 is 0 Å². The highest BCUT2D eigenvalue weighted by Crippen LogP contribution is 2.44. The first-order chi connectivity index (χ1) is 33.3. The molecule has 1 aliphatic heterocycles. The molecule has 68 heavy (non-hydrogen) atoms. The maximum absolute atomic E-state index is 6.80. The Kier molecular flexibility index (Phi) is 9.02. The summed E-state index contributed by atoms with van der Waals surface area (Å²) in [5.41, 5.74) is 14.2. The highest BCUT2D eigenvalue weighted by Gasteiger charge is 2.26. The molecule has 0 aliphatic carbocycles. The van der Waals surface area contributed by atoms with Gasteiger partial charge in [-0.25, -0.2) is 9.97 Å². The van der Waals surface area contributed by atoms with Crippen molar-refractivity contribution in [3.8, 4) is 28.6 Å². The molecule has 0 N–H and O–H groups in total. The Labute approximate surface area is 393 Å². The second-order valence-corrected chi connectivity index (χ2v) is 18.8. The Morgan fingerprint density at radius 3 is 2.00 bits per heavy atom. The average Bonchev–Trinajstić information content (AvgIpc) is 4.17. The number of hydrogen-bond donors (Lipinski definition) is 0. The van der Waals surface area contributed by atoms with Crippen molar-refractivity contribution >= 4 is 82.4 Å². The van der Waals surface area contributed by atoms with Crippen LogP contribution in [0.1, 0.15) is 56.2 Å². The van der Waals surface area contributed by atoms with E-state index in [0.717, 1.165) is 106 Å². The first kappa shape index (κ1) is 40.0. The molecule has 7 aromatic carbocycles. The molecule has 1 aliphatic rings. The van der Waals surface area contributed by atoms with Crippen LogP contribution in [0.4, 0.5) is 11.4 Å². The SMILES string of the molecule is Cc1ccnc(-n2c3ccccc3c3ccc(Oc4ccc5c6ccccc6n6c(-c7c(C(C)C)cc(N8C=CN(c9cccc%10c9oc9ccccc9%10)C8)cc7C(C)C)cnc6c5c4)cc32)c1. The number of para-hydroxylation sites is 4. The van der Waals surface area contributed by atoms with Gasteiger partial charge >= 0.3 is 0 Å². The third-order valence-corrected chi connectivity index (χ3v) is 13.9. The number of aromatic nitrogens is 4. The van der Waals surface area contributed by atoms with Crippen molar-refractivity contribution in [3.05, 3.63) is 193 Å². The average molecular weight is 885 g/mol. The summed E-state index contributed by atoms with van der Waals surface area (Å²) < 4.78 is 17.9. The van der Waals surface area contributed by atoms with Gasteiger partial charge in [0.1, 0.15) is 28.5 Å². The van der Waals surface area contributed by atoms with Gasteiger partial charge < -0.3 is 19.0 Å². The van der Waals surface area contributed by atoms with E-state index in [0.29, 0.717) is 6.67 Å². The van der Waals surface area contributed by atoms with Gasteiger partial charge in [-0.3, -0.25) is 8.97 Å². The third kappa shape index (κ3) is 6.20. The minimum absolute atomic E-state index is 0.240. The lowest BCUT2D eigenvalue weighted by atomic mass is 9.86. The van der Waals surface area contributed by atoms with Crippen molar-refractivity contribution < 1.29 is 9.15 Å². The van der Waals surface area contributed by atoms with E-state index in [1.807, 2.05) is 24.4 Å². The van der Waals surface area contributed by atoms with E-state index in [1.54, 1.807) is 0 Å². The molecule has 6 heterocycles. The van der Waals surface area contributed by atoms with Crippen molar-refractivity contribution in [2.75, 3.05) is 16.5 Å². The molecule has 0 unspecified atom stereocenters. The topological polar surface area (TPSA) is 64.0 Å². The Bertz CT molecular complexity index is 4010. The van der Waals surface area contributed by atoms with Crippen LogP contribution in [0, 0.1) is 6.92 Å². The summed E-state index contributed by atoms with van der Waals surface area (Å²) >= 11 is 0. The molecule has 0 atom stereocenters. The number of fused-ring (bicyclic) bond motifs is 12. The van der Waals surface area contributed by atoms with Crippen molar-refractivity contribution in [1.82, 2.24) is 18.9 Å². The molecular formula is C60H48N6O2. The highest BCUT2D eigenvalue weighted by molar-refractivity contribution is 6.13. The molecule has 0 bridgehead atoms. The van der Waals surface area contributed by atoms with Crippen LogP contribution in [0.15, 0.2) is 181 Å². The largest absolute Gasteiger partial charge is 0.457 e. The van der Waals surface area contributed by atoms with Gasteiger partial charge in [-0.2, -0.15) is 0 Å². The number of pyridine rings is 2. The first-order valence-corrected chi connectivity index (χ1v) is 23.5. The lowest BCUT2D eigenvalue weighted by molar-refractivity contribution is 0.484. The van der Waals surface area contributed by atoms with E-state index in [1.165, 1.54) is 22.1 Å². The maximum Gasteiger partial charge on any atom is 0.159 e. The molecule has 0 spiro atoms. The van der Waals surface area contributed by atoms with Crippen molar-refractivity contribution in [3.63, 3.8) is 0 Å². The van der Waals surface area contributed by atoms with Crippen LogP contribution in [0.25, 0.3) is 88.1 Å². The third-order valence-electron chi connectivity index (χ3n) is 13.9. The maximum atomic E-state index is 6.80. The summed E-state index contributed by atoms with van der Waals surface area (Å²) in [6.07, 6.45) is 8.32. The summed E-state index contributed by atoms with van der Waals surface area (Å²) in [5, 5.41) is 7.91. The van der Waals surface area contributed by atoms with Crippen LogP contribution in [0.2, 0.25) is 0 Å². The normalized spacial score (nSPS) is 13.2. The number of aryl methyl sites for hydroxylation is 1. The molecule has 8 nitrogen and oxygen atoms in total. The number of hydrogen-bond acceptors (Lipinski definition) is 6. The quantitative estimate of drug-likeness (QED) is 0.142. The van der Waals surface area contributed by atoms with Gasteiger partial charge in [0.15, 0.2) is 5.58 Å². The van der Waals surface area contributed by atoms with Crippen molar-refractivity contribution in [1.29, 1.82) is 0 Å². The molecule has 5 aromatic heterocycles. The van der Waals surface area contributed by atoms with Crippen LogP contribution in [-0.4, -0.2) is 25.6 Å². The fourth-order valence-electron chi connectivity index (χ4n) is 10.7. The van der Waals surface area contributed by atoms with Crippen LogP contribution in [0.5, 0.6) is 11.5 Å². The summed E-state index contributed by atoms with van der Waals surface area (Å²) in [5.74, 6) is 2.86. The van der Waals surface area contributed by atoms with E-state index in [2.05, 4.69) is 205 Å². The van der Waals surface area contributed by atoms with Gasteiger partial charge in [-0.05, 0) is 120 Å². The van der Waals surface area contributed by atoms with Gasteiger partial charge in [-0.15, -0.1) is 0 Å². The van der Waals surface area contributed by atoms with Crippen LogP contribution in [0.3, 0.4) is 0 Å². The fraction of sp³-hybridized carbons (Fsp3) is 0.133. The van der Waals surface area contributed by atoms with E-state index in [4.69, 9.17) is 19.1 Å². The first-order valence-electron chi connectivity index (χ1n) is 23.5. The van der Waals surface area contributed by atoms with Gasteiger partial charge in [-0.1, -0.05) is 94.4 Å². The van der Waals surface area contributed by atoms with Gasteiger partial charge in [0.25, 0.3) is 0 Å². The predicted molar refractivity (Wildman–Crippen MR) is 280 cm³/mol. The molecule has 12 aromatic rings. The minimum Gasteiger partial charge on any atom is -0.457 e. The molecule has 0 amide bonds. The Balaban J connectivity index is 0.909. The van der Waals surface area contributed by atoms with Gasteiger partial charge in [0, 0.05) is 68.2 Å². The molecule has 0 radical (unpaired) electrons. The smallest absolute Gasteiger partial charge is 0.159 e. The molecule has 8 heteroatoms. The second kappa shape index (κ2) is 15.4. The van der Waals surface area contributed by atoms with E-state index in [9.17, 15) is 0 Å². The molecule has 330 valence electrons. The lowest BCUT2D eigenvalue weighted by Crippen LogP contribution is -2.25. The Morgan fingerprint density at radius 2 is 1.22 bits per heavy atom. The van der Waals surface area contributed by atoms with Crippen LogP contribution >= 0.6 is 0 Å². The summed E-state index contributed by atoms with van der Waals surface area (Å²) in [4.78, 5) is 14.7. The zero-order valence-electron chi connectivity index (χ0n) is 38.6. The molecule has 0 saturated carbocycles. The Hall–Kier alpha value is -8.36. The number of anilines is 2. The number of rotatable bonds is 8. The summed E-state index contributed by atoms with van der Waals surface area (Å²) in [7, 11) is 0. The number of imidazole rings is 1. The van der Waals surface area contributed by atoms with E-state index < -0.39 is 0 Å². The number of benzene rings is 7. The monoisotopic (exact) mass is 884 g/mol. The van der Waals surface area contributed by atoms with Crippen LogP contribution in [-0.2, 0) is 0 Å². The standard InChI is InChI=1S/C60H48N6O2/c1-36(2)48-30-39(63-27-28-64(35-63)53-19-12-16-47-46-15-8-11-20-56(46)68-59(47)53)31-49(37(3)4)58(48)55-34-62-60-50-32-40(21-23-42(50)43-13-6-10-18-52(43)66(55)60)67-41-22-24-45-44-14-7-9-17-51(44)65(54(45)33-41)57-29-38(5)25-26-61-57/h6-34,36-37H,35H2,1-5H3. The van der Waals surface area contributed by atoms with Crippen LogP contribution < -0.4 is 14.5 Å². The summed E-state index contributed by atoms with van der Waals surface area (Å²) in [6, 6.07) is 53.6. The number of furan rings is 1. The Morgan fingerprint density at radius 1 is 0.559 bits per heavy atom. The van der Waals surface area contributed by atoms with E-state index in [-0.39, 0.29) is 11.8 Å². The molecule has 13 rings (SSSR count). The van der Waals surface area contributed by atoms with Gasteiger partial charge in [0.05, 0.1) is 40.8 Å². The highest BCUT2D eigenvalue weighted by atomic mass is 16.5. The predicted octanol–water partition coefficient (Wildman–Crippen LogP) is 15.8. The summed E-state index contributed by atoms with van der Waals surface area (Å²) in [6.45, 7) is 12.0. The van der Waals surface area contributed by atoms with Crippen molar-refractivity contribution in [2.45, 2.75) is 46.5 Å². The number of nitrogens with zero attached hydrogens (tertiary/aromatic N) is 6.